The van der Waals surface area contributed by atoms with E-state index in [4.69, 9.17) is 0 Å². The molecule has 0 radical (unpaired) electrons. The number of ether oxygens (including phenoxy) is 1. The molecule has 0 saturated carbocycles. The van der Waals surface area contributed by atoms with E-state index < -0.39 is 51.5 Å². The van der Waals surface area contributed by atoms with Crippen LogP contribution >= 0.6 is 0 Å². The average molecular weight is 357 g/mol. The van der Waals surface area contributed by atoms with Crippen LogP contribution in [0.2, 0.25) is 0 Å². The zero-order valence-electron chi connectivity index (χ0n) is 11.4. The van der Waals surface area contributed by atoms with Gasteiger partial charge in [-0.2, -0.15) is 26.3 Å². The Balaban J connectivity index is 3.01. The number of halogens is 6. The fourth-order valence-corrected chi connectivity index (χ4v) is 1.93. The number of rotatable bonds is 1. The standard InChI is InChI=1S/C11H5F6N3O4/c1-24-9(21)19-5-2-4(10(12,13)14)3-6(20(22)23)7(5)18-8(19)11(15,16)17/h2-3H,1H3. The van der Waals surface area contributed by atoms with Gasteiger partial charge < -0.3 is 4.74 Å². The third kappa shape index (κ3) is 2.83. The maximum atomic E-state index is 13.0. The van der Waals surface area contributed by atoms with Crippen LogP contribution in [0.3, 0.4) is 0 Å². The lowest BCUT2D eigenvalue weighted by Crippen LogP contribution is -2.21. The van der Waals surface area contributed by atoms with Crippen LogP contribution < -0.4 is 0 Å². The van der Waals surface area contributed by atoms with Crippen molar-refractivity contribution < 1.29 is 40.8 Å². The van der Waals surface area contributed by atoms with Gasteiger partial charge in [-0.1, -0.05) is 0 Å². The molecule has 13 heteroatoms. The van der Waals surface area contributed by atoms with Gasteiger partial charge in [0.05, 0.1) is 23.1 Å². The third-order valence-corrected chi connectivity index (χ3v) is 2.87. The van der Waals surface area contributed by atoms with E-state index in [9.17, 15) is 41.3 Å². The van der Waals surface area contributed by atoms with Crippen molar-refractivity contribution in [2.24, 2.45) is 0 Å². The molecule has 0 aliphatic carbocycles. The molecular formula is C11H5F6N3O4. The van der Waals surface area contributed by atoms with Crippen LogP contribution in [0.4, 0.5) is 36.8 Å². The van der Waals surface area contributed by atoms with Gasteiger partial charge >= 0.3 is 18.4 Å². The lowest BCUT2D eigenvalue weighted by molar-refractivity contribution is -0.383. The van der Waals surface area contributed by atoms with Gasteiger partial charge in [-0.05, 0) is 6.07 Å². The SMILES string of the molecule is COC(=O)n1c(C(F)(F)F)nc2c([N+](=O)[O-])cc(C(F)(F)F)cc21. The molecular weight excluding hydrogens is 352 g/mol. The van der Waals surface area contributed by atoms with Crippen LogP contribution in [0.15, 0.2) is 12.1 Å². The predicted octanol–water partition coefficient (Wildman–Crippen LogP) is 3.60. The fourth-order valence-electron chi connectivity index (χ4n) is 1.93. The van der Waals surface area contributed by atoms with Gasteiger partial charge in [-0.15, -0.1) is 0 Å². The minimum Gasteiger partial charge on any atom is -0.452 e. The van der Waals surface area contributed by atoms with E-state index in [1.807, 2.05) is 0 Å². The Morgan fingerprint density at radius 1 is 1.21 bits per heavy atom. The highest BCUT2D eigenvalue weighted by atomic mass is 19.4. The number of hydrogen-bond donors (Lipinski definition) is 0. The number of aromatic nitrogens is 2. The molecule has 0 N–H and O–H groups in total. The van der Waals surface area contributed by atoms with Crippen LogP contribution in [-0.4, -0.2) is 27.7 Å². The second kappa shape index (κ2) is 5.35. The van der Waals surface area contributed by atoms with Crippen molar-refractivity contribution in [2.45, 2.75) is 12.4 Å². The van der Waals surface area contributed by atoms with E-state index in [1.54, 1.807) is 0 Å². The Labute approximate surface area is 127 Å². The number of nitro benzene ring substituents is 1. The van der Waals surface area contributed by atoms with E-state index in [0.717, 1.165) is 0 Å². The molecule has 0 amide bonds. The van der Waals surface area contributed by atoms with Crippen molar-refractivity contribution in [3.63, 3.8) is 0 Å². The first kappa shape index (κ1) is 17.5. The Bertz CT molecular complexity index is 839. The van der Waals surface area contributed by atoms with Gasteiger partial charge in [-0.3, -0.25) is 10.1 Å². The fraction of sp³-hybridized carbons (Fsp3) is 0.273. The Hall–Kier alpha value is -2.86. The molecule has 2 aromatic rings. The highest BCUT2D eigenvalue weighted by Gasteiger charge is 2.42. The Morgan fingerprint density at radius 2 is 1.79 bits per heavy atom. The van der Waals surface area contributed by atoms with Crippen LogP contribution in [0.25, 0.3) is 11.0 Å². The molecule has 0 unspecified atom stereocenters. The van der Waals surface area contributed by atoms with Crippen molar-refractivity contribution in [3.05, 3.63) is 33.6 Å². The first-order valence-corrected chi connectivity index (χ1v) is 5.81. The molecule has 2 rings (SSSR count). The van der Waals surface area contributed by atoms with Gasteiger partial charge in [0, 0.05) is 6.07 Å². The zero-order chi connectivity index (χ0) is 18.4. The number of carbonyl (C=O) groups is 1. The summed E-state index contributed by atoms with van der Waals surface area (Å²) in [5.74, 6) is -1.94. The Morgan fingerprint density at radius 3 is 2.21 bits per heavy atom. The number of carbonyl (C=O) groups excluding carboxylic acids is 1. The highest BCUT2D eigenvalue weighted by Crippen LogP contribution is 2.39. The summed E-state index contributed by atoms with van der Waals surface area (Å²) in [6.45, 7) is 0. The smallest absolute Gasteiger partial charge is 0.450 e. The predicted molar refractivity (Wildman–Crippen MR) is 64.2 cm³/mol. The molecule has 130 valence electrons. The zero-order valence-corrected chi connectivity index (χ0v) is 11.4. The summed E-state index contributed by atoms with van der Waals surface area (Å²) >= 11 is 0. The van der Waals surface area contributed by atoms with E-state index in [0.29, 0.717) is 7.11 Å². The number of methoxy groups -OCH3 is 1. The van der Waals surface area contributed by atoms with Crippen LogP contribution in [-0.2, 0) is 17.1 Å². The summed E-state index contributed by atoms with van der Waals surface area (Å²) in [4.78, 5) is 24.0. The van der Waals surface area contributed by atoms with Crippen molar-refractivity contribution in [2.75, 3.05) is 7.11 Å². The number of imidazole rings is 1. The lowest BCUT2D eigenvalue weighted by Gasteiger charge is -2.10. The molecule has 1 aromatic heterocycles. The third-order valence-electron chi connectivity index (χ3n) is 2.87. The largest absolute Gasteiger partial charge is 0.452 e. The quantitative estimate of drug-likeness (QED) is 0.442. The van der Waals surface area contributed by atoms with Gasteiger partial charge in [0.1, 0.15) is 0 Å². The number of hydrogen-bond acceptors (Lipinski definition) is 5. The minimum atomic E-state index is -5.26. The molecule has 0 fully saturated rings. The molecule has 24 heavy (non-hydrogen) atoms. The first-order valence-electron chi connectivity index (χ1n) is 5.81. The molecule has 7 nitrogen and oxygen atoms in total. The summed E-state index contributed by atoms with van der Waals surface area (Å²) in [5.41, 5.74) is -5.00. The minimum absolute atomic E-state index is 0.0388. The van der Waals surface area contributed by atoms with Gasteiger partial charge in [0.15, 0.2) is 5.52 Å². The summed E-state index contributed by atoms with van der Waals surface area (Å²) in [6.07, 6.45) is -12.1. The van der Waals surface area contributed by atoms with E-state index in [2.05, 4.69) is 9.72 Å². The van der Waals surface area contributed by atoms with E-state index >= 15 is 0 Å². The summed E-state index contributed by atoms with van der Waals surface area (Å²) < 4.78 is 81.2. The number of benzene rings is 1. The number of alkyl halides is 6. The van der Waals surface area contributed by atoms with Gasteiger partial charge in [0.25, 0.3) is 5.69 Å². The molecule has 0 aliphatic heterocycles. The molecule has 0 atom stereocenters. The summed E-state index contributed by atoms with van der Waals surface area (Å²) in [6, 6.07) is 0.193. The number of nitrogens with zero attached hydrogens (tertiary/aromatic N) is 3. The van der Waals surface area contributed by atoms with Gasteiger partial charge in [-0.25, -0.2) is 14.3 Å². The highest BCUT2D eigenvalue weighted by molar-refractivity contribution is 5.93. The second-order valence-corrected chi connectivity index (χ2v) is 4.36. The number of fused-ring (bicyclic) bond motifs is 1. The summed E-state index contributed by atoms with van der Waals surface area (Å²) in [5, 5.41) is 10.9. The Kier molecular flexibility index (Phi) is 3.90. The topological polar surface area (TPSA) is 87.3 Å². The van der Waals surface area contributed by atoms with Gasteiger partial charge in [0.2, 0.25) is 5.82 Å². The van der Waals surface area contributed by atoms with Crippen LogP contribution in [0.5, 0.6) is 0 Å². The molecule has 0 spiro atoms. The van der Waals surface area contributed by atoms with Crippen LogP contribution in [0.1, 0.15) is 11.4 Å². The van der Waals surface area contributed by atoms with Crippen molar-refractivity contribution in [1.82, 2.24) is 9.55 Å². The maximum absolute atomic E-state index is 13.0. The van der Waals surface area contributed by atoms with E-state index in [1.165, 1.54) is 0 Å². The molecule has 0 saturated heterocycles. The molecule has 1 heterocycles. The molecule has 0 aliphatic rings. The monoisotopic (exact) mass is 357 g/mol. The molecule has 1 aromatic carbocycles. The first-order chi connectivity index (χ1) is 10.9. The van der Waals surface area contributed by atoms with Crippen molar-refractivity contribution >= 4 is 22.8 Å². The second-order valence-electron chi connectivity index (χ2n) is 4.36. The van der Waals surface area contributed by atoms with Crippen molar-refractivity contribution in [3.8, 4) is 0 Å². The number of non-ortho nitro benzene ring substituents is 1. The summed E-state index contributed by atoms with van der Waals surface area (Å²) in [7, 11) is 0.691. The lowest BCUT2D eigenvalue weighted by atomic mass is 10.1. The van der Waals surface area contributed by atoms with Crippen molar-refractivity contribution in [1.29, 1.82) is 0 Å². The molecule has 0 bridgehead atoms. The van der Waals surface area contributed by atoms with E-state index in [-0.39, 0.29) is 16.7 Å². The van der Waals surface area contributed by atoms with Crippen LogP contribution in [0, 0.1) is 10.1 Å². The number of nitro groups is 1. The average Bonchev–Trinajstić information content (AvgIpc) is 2.83. The normalized spacial score (nSPS) is 12.5. The maximum Gasteiger partial charge on any atom is 0.450 e.